The highest BCUT2D eigenvalue weighted by Crippen LogP contribution is 2.29. The first-order chi connectivity index (χ1) is 15.6. The van der Waals surface area contributed by atoms with Crippen LogP contribution >= 0.6 is 0 Å². The molecule has 2 heterocycles. The number of aryl methyl sites for hydroxylation is 1. The van der Waals surface area contributed by atoms with Gasteiger partial charge in [0.05, 0.1) is 13.4 Å². The topological polar surface area (TPSA) is 98.4 Å². The van der Waals surface area contributed by atoms with Crippen LogP contribution in [-0.2, 0) is 7.05 Å². The number of nitrogens with zero attached hydrogens (tertiary/aromatic N) is 2. The van der Waals surface area contributed by atoms with Gasteiger partial charge in [-0.05, 0) is 36.4 Å². The Kier molecular flexibility index (Phi) is 6.03. The highest BCUT2D eigenvalue weighted by molar-refractivity contribution is 6.03. The quantitative estimate of drug-likeness (QED) is 0.465. The normalized spacial score (nSPS) is 11.6. The molecule has 0 spiro atoms. The van der Waals surface area contributed by atoms with Crippen LogP contribution in [-0.4, -0.2) is 28.5 Å². The lowest BCUT2D eigenvalue weighted by molar-refractivity contribution is 0.0939. The van der Waals surface area contributed by atoms with E-state index < -0.39 is 11.9 Å². The molecule has 4 aromatic rings. The van der Waals surface area contributed by atoms with E-state index >= 15 is 0 Å². The van der Waals surface area contributed by atoms with E-state index in [1.165, 1.54) is 6.26 Å². The van der Waals surface area contributed by atoms with Crippen LogP contribution in [0.1, 0.15) is 38.3 Å². The van der Waals surface area contributed by atoms with Gasteiger partial charge >= 0.3 is 0 Å². The molecule has 0 fully saturated rings. The number of amides is 2. The fourth-order valence-corrected chi connectivity index (χ4v) is 3.39. The van der Waals surface area contributed by atoms with E-state index in [-0.39, 0.29) is 11.7 Å². The second kappa shape index (κ2) is 9.22. The van der Waals surface area contributed by atoms with Gasteiger partial charge in [0, 0.05) is 36.3 Å². The van der Waals surface area contributed by atoms with E-state index in [9.17, 15) is 9.59 Å². The van der Waals surface area contributed by atoms with E-state index in [2.05, 4.69) is 15.6 Å². The molecule has 162 valence electrons. The molecule has 2 aromatic heterocycles. The number of aromatic nitrogens is 2. The van der Waals surface area contributed by atoms with Crippen LogP contribution in [0.3, 0.4) is 0 Å². The average Bonchev–Trinajstić information content (AvgIpc) is 3.50. The summed E-state index contributed by atoms with van der Waals surface area (Å²) in [5, 5.41) is 5.77. The van der Waals surface area contributed by atoms with Crippen LogP contribution in [0.15, 0.2) is 83.7 Å². The third-order valence-corrected chi connectivity index (χ3v) is 4.97. The van der Waals surface area contributed by atoms with Crippen LogP contribution in [0.25, 0.3) is 0 Å². The summed E-state index contributed by atoms with van der Waals surface area (Å²) in [5.74, 6) is 0.765. The van der Waals surface area contributed by atoms with E-state index in [1.54, 1.807) is 49.7 Å². The molecule has 0 saturated heterocycles. The van der Waals surface area contributed by atoms with E-state index in [4.69, 9.17) is 9.15 Å². The highest BCUT2D eigenvalue weighted by Gasteiger charge is 2.24. The van der Waals surface area contributed by atoms with Crippen LogP contribution in [0.5, 0.6) is 5.75 Å². The fourth-order valence-electron chi connectivity index (χ4n) is 3.39. The first-order valence-electron chi connectivity index (χ1n) is 9.92. The van der Waals surface area contributed by atoms with Crippen molar-refractivity contribution >= 4 is 17.5 Å². The number of benzene rings is 2. The van der Waals surface area contributed by atoms with Crippen molar-refractivity contribution in [2.24, 2.45) is 7.05 Å². The van der Waals surface area contributed by atoms with Crippen molar-refractivity contribution in [3.05, 3.63) is 102 Å². The molecular formula is C24H22N4O4. The second-order valence-corrected chi connectivity index (χ2v) is 7.06. The van der Waals surface area contributed by atoms with Crippen molar-refractivity contribution in [3.8, 4) is 5.75 Å². The van der Waals surface area contributed by atoms with Crippen LogP contribution in [0.2, 0.25) is 0 Å². The van der Waals surface area contributed by atoms with Crippen molar-refractivity contribution in [2.45, 2.75) is 6.04 Å². The number of hydrogen-bond donors (Lipinski definition) is 2. The van der Waals surface area contributed by atoms with E-state index in [1.807, 2.05) is 42.1 Å². The minimum Gasteiger partial charge on any atom is -0.496 e. The summed E-state index contributed by atoms with van der Waals surface area (Å²) in [6.07, 6.45) is 4.91. The monoisotopic (exact) mass is 430 g/mol. The third-order valence-electron chi connectivity index (χ3n) is 4.97. The molecule has 0 aliphatic carbocycles. The van der Waals surface area contributed by atoms with Gasteiger partial charge in [0.25, 0.3) is 11.8 Å². The van der Waals surface area contributed by atoms with Crippen molar-refractivity contribution in [1.82, 2.24) is 14.9 Å². The molecule has 0 aliphatic heterocycles. The van der Waals surface area contributed by atoms with Crippen molar-refractivity contribution < 1.29 is 18.7 Å². The van der Waals surface area contributed by atoms with Gasteiger partial charge in [0.2, 0.25) is 0 Å². The van der Waals surface area contributed by atoms with Gasteiger partial charge in [0.15, 0.2) is 5.76 Å². The molecule has 0 saturated carbocycles. The Hall–Kier alpha value is -4.33. The Labute approximate surface area is 184 Å². The molecule has 2 amide bonds. The number of methoxy groups -OCH3 is 1. The maximum Gasteiger partial charge on any atom is 0.291 e. The minimum absolute atomic E-state index is 0.186. The Morgan fingerprint density at radius 1 is 1.06 bits per heavy atom. The number of carbonyl (C=O) groups excluding carboxylic acids is 2. The number of furan rings is 1. The number of carbonyl (C=O) groups is 2. The van der Waals surface area contributed by atoms with Gasteiger partial charge in [-0.15, -0.1) is 0 Å². The Morgan fingerprint density at radius 2 is 1.91 bits per heavy atom. The minimum atomic E-state index is -0.542. The number of rotatable bonds is 7. The zero-order valence-corrected chi connectivity index (χ0v) is 17.6. The Balaban J connectivity index is 1.60. The second-order valence-electron chi connectivity index (χ2n) is 7.06. The molecule has 2 N–H and O–H groups in total. The molecule has 1 atom stereocenters. The summed E-state index contributed by atoms with van der Waals surface area (Å²) in [5.41, 5.74) is 1.64. The van der Waals surface area contributed by atoms with Gasteiger partial charge in [-0.25, -0.2) is 4.98 Å². The number of imidazole rings is 1. The Morgan fingerprint density at radius 3 is 2.62 bits per heavy atom. The highest BCUT2D eigenvalue weighted by atomic mass is 16.5. The largest absolute Gasteiger partial charge is 0.496 e. The number of anilines is 1. The predicted octanol–water partition coefficient (Wildman–Crippen LogP) is 3.79. The molecule has 0 bridgehead atoms. The smallest absolute Gasteiger partial charge is 0.291 e. The zero-order valence-electron chi connectivity index (χ0n) is 17.6. The lowest BCUT2D eigenvalue weighted by atomic mass is 10.0. The van der Waals surface area contributed by atoms with Crippen molar-refractivity contribution in [3.63, 3.8) is 0 Å². The number of nitrogens with one attached hydrogen (secondary N) is 2. The van der Waals surface area contributed by atoms with E-state index in [0.717, 1.165) is 5.56 Å². The van der Waals surface area contributed by atoms with Crippen LogP contribution < -0.4 is 15.4 Å². The Bertz CT molecular complexity index is 1230. The molecule has 32 heavy (non-hydrogen) atoms. The summed E-state index contributed by atoms with van der Waals surface area (Å²) in [7, 11) is 3.45. The molecule has 0 radical (unpaired) electrons. The standard InChI is InChI=1S/C24H22N4O4/c1-28-13-12-25-22(28)21(18-9-3-4-10-19(18)31-2)27-23(29)16-7-5-8-17(15-16)26-24(30)20-11-6-14-32-20/h3-15,21H,1-2H3,(H,26,30)(H,27,29). The summed E-state index contributed by atoms with van der Waals surface area (Å²) in [6.45, 7) is 0. The number of ether oxygens (including phenoxy) is 1. The number of hydrogen-bond acceptors (Lipinski definition) is 5. The van der Waals surface area contributed by atoms with Gasteiger partial charge in [-0.3, -0.25) is 9.59 Å². The van der Waals surface area contributed by atoms with Crippen molar-refractivity contribution in [2.75, 3.05) is 12.4 Å². The lowest BCUT2D eigenvalue weighted by Gasteiger charge is -2.21. The predicted molar refractivity (Wildman–Crippen MR) is 119 cm³/mol. The van der Waals surface area contributed by atoms with E-state index in [0.29, 0.717) is 22.8 Å². The van der Waals surface area contributed by atoms with Gasteiger partial charge < -0.3 is 24.4 Å². The first kappa shape index (κ1) is 20.9. The fraction of sp³-hybridized carbons (Fsp3) is 0.125. The summed E-state index contributed by atoms with van der Waals surface area (Å²) < 4.78 is 12.5. The van der Waals surface area contributed by atoms with Crippen LogP contribution in [0, 0.1) is 0 Å². The maximum atomic E-state index is 13.2. The number of para-hydroxylation sites is 1. The molecule has 8 nitrogen and oxygen atoms in total. The SMILES string of the molecule is COc1ccccc1C(NC(=O)c1cccc(NC(=O)c2ccco2)c1)c1nccn1C. The zero-order chi connectivity index (χ0) is 22.5. The van der Waals surface area contributed by atoms with Crippen LogP contribution in [0.4, 0.5) is 5.69 Å². The summed E-state index contributed by atoms with van der Waals surface area (Å²) >= 11 is 0. The van der Waals surface area contributed by atoms with Gasteiger partial charge in [-0.1, -0.05) is 24.3 Å². The molecule has 0 aliphatic rings. The average molecular weight is 430 g/mol. The van der Waals surface area contributed by atoms with Crippen molar-refractivity contribution in [1.29, 1.82) is 0 Å². The molecular weight excluding hydrogens is 408 g/mol. The summed E-state index contributed by atoms with van der Waals surface area (Å²) in [6, 6.07) is 16.8. The molecule has 2 aromatic carbocycles. The first-order valence-corrected chi connectivity index (χ1v) is 9.92. The van der Waals surface area contributed by atoms with Gasteiger partial charge in [0.1, 0.15) is 17.6 Å². The van der Waals surface area contributed by atoms with Gasteiger partial charge in [-0.2, -0.15) is 0 Å². The molecule has 1 unspecified atom stereocenters. The molecule has 8 heteroatoms. The third kappa shape index (κ3) is 4.39. The maximum absolute atomic E-state index is 13.2. The molecule has 4 rings (SSSR count). The summed E-state index contributed by atoms with van der Waals surface area (Å²) in [4.78, 5) is 29.9. The lowest BCUT2D eigenvalue weighted by Crippen LogP contribution is -2.31.